The molecule has 0 amide bonds. The normalized spacial score (nSPS) is 11.0. The molecule has 0 aliphatic rings. The highest BCUT2D eigenvalue weighted by atomic mass is 32.1. The van der Waals surface area contributed by atoms with Crippen molar-refractivity contribution >= 4 is 22.2 Å². The minimum Gasteiger partial charge on any atom is -0.309 e. The molecule has 1 N–H and O–H groups in total. The number of para-hydroxylation sites is 1. The molecule has 0 atom stereocenters. The van der Waals surface area contributed by atoms with Gasteiger partial charge in [0, 0.05) is 24.2 Å². The van der Waals surface area contributed by atoms with E-state index in [4.69, 9.17) is 0 Å². The van der Waals surface area contributed by atoms with Gasteiger partial charge < -0.3 is 5.32 Å². The van der Waals surface area contributed by atoms with Gasteiger partial charge in [-0.3, -0.25) is 4.98 Å². The minimum absolute atomic E-state index is 0.875. The largest absolute Gasteiger partial charge is 0.309 e. The average molecular weight is 268 g/mol. The highest BCUT2D eigenvalue weighted by molar-refractivity contribution is 7.07. The summed E-state index contributed by atoms with van der Waals surface area (Å²) in [6.07, 6.45) is 0. The van der Waals surface area contributed by atoms with Crippen LogP contribution in [0.2, 0.25) is 0 Å². The third kappa shape index (κ3) is 2.83. The predicted octanol–water partition coefficient (Wildman–Crippen LogP) is 3.89. The summed E-state index contributed by atoms with van der Waals surface area (Å²) < 4.78 is 0. The van der Waals surface area contributed by atoms with Crippen molar-refractivity contribution in [1.82, 2.24) is 10.3 Å². The monoisotopic (exact) mass is 268 g/mol. The fourth-order valence-corrected chi connectivity index (χ4v) is 2.94. The summed E-state index contributed by atoms with van der Waals surface area (Å²) in [4.78, 5) is 4.57. The van der Waals surface area contributed by atoms with Gasteiger partial charge in [0.1, 0.15) is 0 Å². The lowest BCUT2D eigenvalue weighted by Crippen LogP contribution is -2.12. The maximum atomic E-state index is 4.57. The maximum absolute atomic E-state index is 4.57. The summed E-state index contributed by atoms with van der Waals surface area (Å²) >= 11 is 1.74. The molecule has 0 bridgehead atoms. The van der Waals surface area contributed by atoms with Crippen LogP contribution < -0.4 is 5.32 Å². The average Bonchev–Trinajstić information content (AvgIpc) is 2.91. The van der Waals surface area contributed by atoms with Crippen LogP contribution in [0.3, 0.4) is 0 Å². The smallest absolute Gasteiger partial charge is 0.0708 e. The fourth-order valence-electron chi connectivity index (χ4n) is 2.28. The van der Waals surface area contributed by atoms with Crippen molar-refractivity contribution in [2.45, 2.75) is 20.0 Å². The molecule has 2 nitrogen and oxygen atoms in total. The first kappa shape index (κ1) is 12.3. The number of aryl methyl sites for hydroxylation is 1. The number of nitrogens with zero attached hydrogens (tertiary/aromatic N) is 1. The number of nitrogens with one attached hydrogen (secondary N) is 1. The predicted molar refractivity (Wildman–Crippen MR) is 81.3 cm³/mol. The van der Waals surface area contributed by atoms with Gasteiger partial charge in [-0.1, -0.05) is 18.2 Å². The molecule has 19 heavy (non-hydrogen) atoms. The second-order valence-electron chi connectivity index (χ2n) is 4.68. The molecule has 0 saturated heterocycles. The van der Waals surface area contributed by atoms with Gasteiger partial charge in [-0.25, -0.2) is 0 Å². The van der Waals surface area contributed by atoms with E-state index in [1.54, 1.807) is 11.3 Å². The summed E-state index contributed by atoms with van der Waals surface area (Å²) in [5, 5.41) is 9.04. The van der Waals surface area contributed by atoms with Crippen molar-refractivity contribution in [3.8, 4) is 0 Å². The molecule has 3 rings (SSSR count). The van der Waals surface area contributed by atoms with E-state index >= 15 is 0 Å². The van der Waals surface area contributed by atoms with Gasteiger partial charge in [-0.05, 0) is 47.0 Å². The molecule has 1 aromatic carbocycles. The van der Waals surface area contributed by atoms with Crippen molar-refractivity contribution in [3.05, 3.63) is 64.0 Å². The van der Waals surface area contributed by atoms with E-state index in [0.29, 0.717) is 0 Å². The lowest BCUT2D eigenvalue weighted by Gasteiger charge is -2.08. The van der Waals surface area contributed by atoms with Gasteiger partial charge in [-0.2, -0.15) is 11.3 Å². The zero-order valence-corrected chi connectivity index (χ0v) is 11.7. The van der Waals surface area contributed by atoms with Crippen LogP contribution >= 0.6 is 11.3 Å². The van der Waals surface area contributed by atoms with E-state index < -0.39 is 0 Å². The number of benzene rings is 1. The first-order valence-corrected chi connectivity index (χ1v) is 7.34. The van der Waals surface area contributed by atoms with Crippen molar-refractivity contribution < 1.29 is 0 Å². The van der Waals surface area contributed by atoms with Gasteiger partial charge in [0.15, 0.2) is 0 Å². The molecule has 0 spiro atoms. The number of thiophene rings is 1. The van der Waals surface area contributed by atoms with Crippen LogP contribution in [0, 0.1) is 6.92 Å². The Labute approximate surface area is 117 Å². The van der Waals surface area contributed by atoms with Gasteiger partial charge in [0.05, 0.1) is 5.52 Å². The second kappa shape index (κ2) is 5.51. The molecule has 0 aliphatic heterocycles. The number of pyridine rings is 1. The van der Waals surface area contributed by atoms with Crippen LogP contribution in [0.15, 0.2) is 47.2 Å². The third-order valence-electron chi connectivity index (χ3n) is 3.15. The molecule has 2 heterocycles. The van der Waals surface area contributed by atoms with Crippen LogP contribution in [0.4, 0.5) is 0 Å². The van der Waals surface area contributed by atoms with E-state index in [9.17, 15) is 0 Å². The Balaban J connectivity index is 1.80. The van der Waals surface area contributed by atoms with Crippen LogP contribution in [-0.4, -0.2) is 4.98 Å². The lowest BCUT2D eigenvalue weighted by atomic mass is 10.1. The zero-order chi connectivity index (χ0) is 13.1. The molecule has 3 heteroatoms. The Kier molecular flexibility index (Phi) is 3.58. The van der Waals surface area contributed by atoms with Gasteiger partial charge in [-0.15, -0.1) is 0 Å². The van der Waals surface area contributed by atoms with Crippen molar-refractivity contribution in [1.29, 1.82) is 0 Å². The van der Waals surface area contributed by atoms with E-state index in [-0.39, 0.29) is 0 Å². The Morgan fingerprint density at radius 1 is 1.16 bits per heavy atom. The van der Waals surface area contributed by atoms with E-state index in [1.807, 2.05) is 6.07 Å². The number of hydrogen-bond acceptors (Lipinski definition) is 3. The lowest BCUT2D eigenvalue weighted by molar-refractivity contribution is 0.697. The zero-order valence-electron chi connectivity index (χ0n) is 10.9. The molecule has 0 saturated carbocycles. The molecule has 3 aromatic rings. The molecular formula is C16H16N2S. The van der Waals surface area contributed by atoms with Crippen LogP contribution in [0.5, 0.6) is 0 Å². The third-order valence-corrected chi connectivity index (χ3v) is 3.89. The first-order chi connectivity index (χ1) is 9.33. The van der Waals surface area contributed by atoms with Crippen LogP contribution in [-0.2, 0) is 13.1 Å². The summed E-state index contributed by atoms with van der Waals surface area (Å²) in [5.41, 5.74) is 4.82. The summed E-state index contributed by atoms with van der Waals surface area (Å²) in [6.45, 7) is 3.84. The molecule has 0 fully saturated rings. The quantitative estimate of drug-likeness (QED) is 0.776. The minimum atomic E-state index is 0.875. The van der Waals surface area contributed by atoms with Crippen molar-refractivity contribution in [2.75, 3.05) is 0 Å². The SMILES string of the molecule is Cc1cc(CNCc2ccsc2)c2ccccc2n1. The molecule has 96 valence electrons. The molecular weight excluding hydrogens is 252 g/mol. The fraction of sp³-hybridized carbons (Fsp3) is 0.188. The topological polar surface area (TPSA) is 24.9 Å². The maximum Gasteiger partial charge on any atom is 0.0708 e. The van der Waals surface area contributed by atoms with E-state index in [2.05, 4.69) is 58.3 Å². The summed E-state index contributed by atoms with van der Waals surface area (Å²) in [6, 6.07) is 12.7. The number of fused-ring (bicyclic) bond motifs is 1. The second-order valence-corrected chi connectivity index (χ2v) is 5.46. The van der Waals surface area contributed by atoms with Gasteiger partial charge in [0.25, 0.3) is 0 Å². The molecule has 0 aliphatic carbocycles. The Bertz CT molecular complexity index is 674. The molecule has 0 radical (unpaired) electrons. The van der Waals surface area contributed by atoms with Gasteiger partial charge >= 0.3 is 0 Å². The Morgan fingerprint density at radius 2 is 2.05 bits per heavy atom. The first-order valence-electron chi connectivity index (χ1n) is 6.40. The van der Waals surface area contributed by atoms with Crippen molar-refractivity contribution in [2.24, 2.45) is 0 Å². The molecule has 2 aromatic heterocycles. The standard InChI is InChI=1S/C16H16N2S/c1-12-8-14(10-17-9-13-6-7-19-11-13)15-4-2-3-5-16(15)18-12/h2-8,11,17H,9-10H2,1H3. The van der Waals surface area contributed by atoms with Gasteiger partial charge in [0.2, 0.25) is 0 Å². The highest BCUT2D eigenvalue weighted by Gasteiger charge is 2.03. The summed E-state index contributed by atoms with van der Waals surface area (Å²) in [7, 11) is 0. The Hall–Kier alpha value is -1.71. The van der Waals surface area contributed by atoms with Crippen molar-refractivity contribution in [3.63, 3.8) is 0 Å². The number of rotatable bonds is 4. The van der Waals surface area contributed by atoms with E-state index in [1.165, 1.54) is 16.5 Å². The van der Waals surface area contributed by atoms with E-state index in [0.717, 1.165) is 24.3 Å². The number of hydrogen-bond donors (Lipinski definition) is 1. The van der Waals surface area contributed by atoms with Crippen LogP contribution in [0.25, 0.3) is 10.9 Å². The van der Waals surface area contributed by atoms with Crippen LogP contribution in [0.1, 0.15) is 16.8 Å². The number of aromatic nitrogens is 1. The highest BCUT2D eigenvalue weighted by Crippen LogP contribution is 2.18. The Morgan fingerprint density at radius 3 is 2.89 bits per heavy atom. The summed E-state index contributed by atoms with van der Waals surface area (Å²) in [5.74, 6) is 0. The molecule has 0 unspecified atom stereocenters.